The number of hydrogen-bond donors (Lipinski definition) is 3. The first-order valence-corrected chi connectivity index (χ1v) is 19.5. The predicted molar refractivity (Wildman–Crippen MR) is 184 cm³/mol. The molecule has 0 aromatic carbocycles. The second kappa shape index (κ2) is 31.4. The van der Waals surface area contributed by atoms with Gasteiger partial charge in [-0.25, -0.2) is 0 Å². The van der Waals surface area contributed by atoms with Gasteiger partial charge in [0.25, 0.3) is 0 Å². The van der Waals surface area contributed by atoms with Crippen LogP contribution in [0.25, 0.3) is 0 Å². The summed E-state index contributed by atoms with van der Waals surface area (Å²) in [6.45, 7) is 6.08. The highest BCUT2D eigenvalue weighted by molar-refractivity contribution is 4.91. The Morgan fingerprint density at radius 3 is 1.14 bits per heavy atom. The average Bonchev–Trinajstić information content (AvgIpc) is 3.28. The molecule has 1 unspecified atom stereocenters. The molecule has 0 amide bonds. The Bertz CT molecular complexity index is 576. The van der Waals surface area contributed by atoms with Crippen molar-refractivity contribution in [2.24, 2.45) is 0 Å². The van der Waals surface area contributed by atoms with E-state index in [0.717, 1.165) is 19.3 Å². The quantitative estimate of drug-likeness (QED) is 0.0615. The molecule has 0 aromatic heterocycles. The zero-order chi connectivity index (χ0) is 31.9. The van der Waals surface area contributed by atoms with Gasteiger partial charge in [-0.1, -0.05) is 181 Å². The average molecular weight is 629 g/mol. The molecule has 0 spiro atoms. The summed E-state index contributed by atoms with van der Waals surface area (Å²) >= 11 is 0. The predicted octanol–water partition coefficient (Wildman–Crippen LogP) is 9.79. The summed E-state index contributed by atoms with van der Waals surface area (Å²) in [5.74, 6) is 0. The third-order valence-electron chi connectivity index (χ3n) is 9.40. The molecule has 0 bridgehead atoms. The molecule has 1 aliphatic heterocycles. The van der Waals surface area contributed by atoms with Gasteiger partial charge in [0.05, 0.1) is 6.61 Å². The number of rotatable bonds is 34. The third-order valence-corrected chi connectivity index (χ3v) is 9.40. The summed E-state index contributed by atoms with van der Waals surface area (Å²) in [5, 5.41) is 30.2. The van der Waals surface area contributed by atoms with Crippen molar-refractivity contribution in [1.82, 2.24) is 0 Å². The van der Waals surface area contributed by atoms with Crippen molar-refractivity contribution < 1.29 is 29.5 Å². The van der Waals surface area contributed by atoms with Gasteiger partial charge >= 0.3 is 0 Å². The molecule has 0 aromatic rings. The van der Waals surface area contributed by atoms with E-state index < -0.39 is 30.7 Å². The van der Waals surface area contributed by atoms with Crippen molar-refractivity contribution in [1.29, 1.82) is 0 Å². The van der Waals surface area contributed by atoms with Gasteiger partial charge in [0.15, 0.2) is 6.29 Å². The minimum absolute atomic E-state index is 0.304. The molecule has 6 nitrogen and oxygen atoms in total. The maximum Gasteiger partial charge on any atom is 0.184 e. The molecular weight excluding hydrogens is 552 g/mol. The smallest absolute Gasteiger partial charge is 0.184 e. The van der Waals surface area contributed by atoms with E-state index in [-0.39, 0.29) is 0 Å². The van der Waals surface area contributed by atoms with Gasteiger partial charge < -0.3 is 29.5 Å². The fourth-order valence-corrected chi connectivity index (χ4v) is 6.36. The Kier molecular flexibility index (Phi) is 29.8. The zero-order valence-electron chi connectivity index (χ0n) is 29.4. The Morgan fingerprint density at radius 2 is 0.795 bits per heavy atom. The fraction of sp³-hybridized carbons (Fsp3) is 1.00. The van der Waals surface area contributed by atoms with Crippen LogP contribution in [0.5, 0.6) is 0 Å². The Balaban J connectivity index is 2.05. The second-order valence-electron chi connectivity index (χ2n) is 13.6. The summed E-state index contributed by atoms with van der Waals surface area (Å²) in [6.07, 6.45) is 31.9. The fourth-order valence-electron chi connectivity index (χ4n) is 6.36. The van der Waals surface area contributed by atoms with Crippen LogP contribution in [0.4, 0.5) is 0 Å². The summed E-state index contributed by atoms with van der Waals surface area (Å²) < 4.78 is 17.5. The van der Waals surface area contributed by atoms with Gasteiger partial charge in [0.2, 0.25) is 0 Å². The lowest BCUT2D eigenvalue weighted by molar-refractivity contribution is -0.165. The Labute approximate surface area is 273 Å². The van der Waals surface area contributed by atoms with Gasteiger partial charge in [-0.3, -0.25) is 0 Å². The van der Waals surface area contributed by atoms with Crippen molar-refractivity contribution in [3.63, 3.8) is 0 Å². The highest BCUT2D eigenvalue weighted by Gasteiger charge is 2.46. The number of aliphatic hydroxyl groups is 3. The molecule has 264 valence electrons. The van der Waals surface area contributed by atoms with Crippen LogP contribution in [0.2, 0.25) is 0 Å². The van der Waals surface area contributed by atoms with Gasteiger partial charge in [-0.05, 0) is 12.8 Å². The molecule has 0 radical (unpaired) electrons. The van der Waals surface area contributed by atoms with Crippen LogP contribution in [0.3, 0.4) is 0 Å². The molecule has 3 N–H and O–H groups in total. The van der Waals surface area contributed by atoms with Crippen LogP contribution in [0, 0.1) is 0 Å². The minimum Gasteiger partial charge on any atom is -0.387 e. The van der Waals surface area contributed by atoms with Crippen molar-refractivity contribution in [3.8, 4) is 0 Å². The van der Waals surface area contributed by atoms with E-state index in [2.05, 4.69) is 13.8 Å². The molecule has 5 atom stereocenters. The summed E-state index contributed by atoms with van der Waals surface area (Å²) in [4.78, 5) is 0. The standard InChI is InChI=1S/C38H76O6/c1-3-5-7-9-11-13-15-17-19-21-23-25-27-29-31-42-33-34(37-35(39)36(40)38(41)44-37)43-32-30-28-26-24-22-20-18-16-14-12-10-8-6-4-2/h34-41H,3-33H2,1-2H3/t34-,35-,36-,37-,38?/m1/s1. The zero-order valence-corrected chi connectivity index (χ0v) is 29.4. The normalized spacial score (nSPS) is 20.9. The van der Waals surface area contributed by atoms with E-state index in [1.165, 1.54) is 161 Å². The van der Waals surface area contributed by atoms with Gasteiger partial charge in [-0.15, -0.1) is 0 Å². The molecule has 0 aliphatic carbocycles. The third kappa shape index (κ3) is 23.1. The topological polar surface area (TPSA) is 88.4 Å². The molecule has 1 heterocycles. The van der Waals surface area contributed by atoms with Crippen LogP contribution >= 0.6 is 0 Å². The first kappa shape index (κ1) is 41.8. The van der Waals surface area contributed by atoms with Gasteiger partial charge in [0, 0.05) is 13.2 Å². The molecule has 44 heavy (non-hydrogen) atoms. The summed E-state index contributed by atoms with van der Waals surface area (Å²) in [5.41, 5.74) is 0. The first-order chi connectivity index (χ1) is 21.6. The molecule has 0 saturated carbocycles. The van der Waals surface area contributed by atoms with Crippen LogP contribution in [-0.2, 0) is 14.2 Å². The largest absolute Gasteiger partial charge is 0.387 e. The van der Waals surface area contributed by atoms with E-state index in [9.17, 15) is 15.3 Å². The van der Waals surface area contributed by atoms with E-state index >= 15 is 0 Å². The molecule has 1 aliphatic rings. The summed E-state index contributed by atoms with van der Waals surface area (Å²) in [6, 6.07) is 0. The van der Waals surface area contributed by atoms with E-state index in [4.69, 9.17) is 14.2 Å². The molecule has 1 rings (SSSR count). The minimum atomic E-state index is -1.38. The molecular formula is C38H76O6. The number of ether oxygens (including phenoxy) is 3. The first-order valence-electron chi connectivity index (χ1n) is 19.5. The SMILES string of the molecule is CCCCCCCCCCCCCCCCOC[C@@H](OCCCCCCCCCCCCCCCC)[C@H]1OC(O)[C@H](O)[C@H]1O. The van der Waals surface area contributed by atoms with Crippen LogP contribution in [0.1, 0.15) is 194 Å². The maximum atomic E-state index is 10.4. The highest BCUT2D eigenvalue weighted by Crippen LogP contribution is 2.24. The lowest BCUT2D eigenvalue weighted by atomic mass is 10.0. The number of hydrogen-bond acceptors (Lipinski definition) is 6. The van der Waals surface area contributed by atoms with Crippen molar-refractivity contribution >= 4 is 0 Å². The lowest BCUT2D eigenvalue weighted by Gasteiger charge is -2.25. The molecule has 6 heteroatoms. The van der Waals surface area contributed by atoms with Crippen molar-refractivity contribution in [2.75, 3.05) is 19.8 Å². The lowest BCUT2D eigenvalue weighted by Crippen LogP contribution is -2.42. The Hall–Kier alpha value is -0.240. The summed E-state index contributed by atoms with van der Waals surface area (Å²) in [7, 11) is 0. The number of unbranched alkanes of at least 4 members (excludes halogenated alkanes) is 26. The highest BCUT2D eigenvalue weighted by atomic mass is 16.7. The van der Waals surface area contributed by atoms with E-state index in [1.54, 1.807) is 0 Å². The molecule has 1 fully saturated rings. The van der Waals surface area contributed by atoms with Crippen LogP contribution in [-0.4, -0.2) is 65.8 Å². The van der Waals surface area contributed by atoms with Gasteiger partial charge in [-0.2, -0.15) is 0 Å². The van der Waals surface area contributed by atoms with Crippen molar-refractivity contribution in [3.05, 3.63) is 0 Å². The van der Waals surface area contributed by atoms with E-state index in [0.29, 0.717) is 19.8 Å². The Morgan fingerprint density at radius 1 is 0.455 bits per heavy atom. The molecule has 1 saturated heterocycles. The monoisotopic (exact) mass is 629 g/mol. The van der Waals surface area contributed by atoms with E-state index in [1.807, 2.05) is 0 Å². The van der Waals surface area contributed by atoms with Crippen LogP contribution in [0.15, 0.2) is 0 Å². The van der Waals surface area contributed by atoms with Crippen molar-refractivity contribution in [2.45, 2.75) is 224 Å². The number of aliphatic hydroxyl groups excluding tert-OH is 3. The van der Waals surface area contributed by atoms with Gasteiger partial charge in [0.1, 0.15) is 24.4 Å². The van der Waals surface area contributed by atoms with Crippen LogP contribution < -0.4 is 0 Å². The maximum absolute atomic E-state index is 10.4. The second-order valence-corrected chi connectivity index (χ2v) is 13.6.